The molecule has 0 aliphatic carbocycles. The lowest BCUT2D eigenvalue weighted by atomic mass is 10.1. The van der Waals surface area contributed by atoms with Gasteiger partial charge in [0.15, 0.2) is 0 Å². The molecule has 0 unspecified atom stereocenters. The average Bonchev–Trinajstić information content (AvgIpc) is 3.12. The zero-order chi connectivity index (χ0) is 17.4. The number of rotatable bonds is 4. The van der Waals surface area contributed by atoms with Crippen LogP contribution in [-0.4, -0.2) is 27.4 Å². The van der Waals surface area contributed by atoms with E-state index in [-0.39, 0.29) is 24.1 Å². The smallest absolute Gasteiger partial charge is 0.319 e. The van der Waals surface area contributed by atoms with Crippen LogP contribution in [-0.2, 0) is 6.54 Å². The van der Waals surface area contributed by atoms with Gasteiger partial charge >= 0.3 is 6.55 Å². The number of halogens is 3. The minimum atomic E-state index is -2.72. The van der Waals surface area contributed by atoms with Crippen molar-refractivity contribution in [2.75, 3.05) is 7.05 Å². The average molecular weight is 353 g/mol. The molecule has 126 valence electrons. The highest BCUT2D eigenvalue weighted by molar-refractivity contribution is 7.21. The Morgan fingerprint density at radius 3 is 2.83 bits per heavy atom. The van der Waals surface area contributed by atoms with Gasteiger partial charge < -0.3 is 4.90 Å². The Hall–Kier alpha value is -2.35. The van der Waals surface area contributed by atoms with Crippen molar-refractivity contribution in [3.63, 3.8) is 0 Å². The van der Waals surface area contributed by atoms with Crippen molar-refractivity contribution < 1.29 is 18.0 Å². The van der Waals surface area contributed by atoms with Crippen molar-refractivity contribution in [2.45, 2.75) is 20.0 Å². The van der Waals surface area contributed by atoms with Crippen LogP contribution in [0.5, 0.6) is 0 Å². The fourth-order valence-corrected chi connectivity index (χ4v) is 3.78. The first-order valence-corrected chi connectivity index (χ1v) is 7.94. The Morgan fingerprint density at radius 2 is 2.17 bits per heavy atom. The fraction of sp³-hybridized carbons (Fsp3) is 0.250. The summed E-state index contributed by atoms with van der Waals surface area (Å²) in [5.41, 5.74) is 0.558. The van der Waals surface area contributed by atoms with Crippen molar-refractivity contribution in [3.05, 3.63) is 52.7 Å². The molecule has 1 amide bonds. The highest BCUT2D eigenvalue weighted by Crippen LogP contribution is 2.33. The Labute approximate surface area is 140 Å². The van der Waals surface area contributed by atoms with Gasteiger partial charge in [-0.15, -0.1) is 11.3 Å². The molecule has 4 nitrogen and oxygen atoms in total. The molecule has 24 heavy (non-hydrogen) atoms. The fourth-order valence-electron chi connectivity index (χ4n) is 2.56. The SMILES string of the molecule is Cc1c(C(=O)N(C)Cc2nccn2C(F)F)sc2cccc(F)c12. The van der Waals surface area contributed by atoms with Gasteiger partial charge in [-0.05, 0) is 24.6 Å². The molecule has 0 aliphatic heterocycles. The van der Waals surface area contributed by atoms with Gasteiger partial charge in [-0.2, -0.15) is 8.78 Å². The first-order chi connectivity index (χ1) is 11.4. The maximum absolute atomic E-state index is 14.0. The predicted molar refractivity (Wildman–Crippen MR) is 85.8 cm³/mol. The number of carbonyl (C=O) groups excluding carboxylic acids is 1. The molecule has 3 rings (SSSR count). The zero-order valence-corrected chi connectivity index (χ0v) is 13.8. The Morgan fingerprint density at radius 1 is 1.42 bits per heavy atom. The topological polar surface area (TPSA) is 38.1 Å². The number of fused-ring (bicyclic) bond motifs is 1. The number of alkyl halides is 2. The van der Waals surface area contributed by atoms with Crippen LogP contribution in [0.4, 0.5) is 13.2 Å². The van der Waals surface area contributed by atoms with Gasteiger partial charge in [0.2, 0.25) is 0 Å². The minimum absolute atomic E-state index is 0.0632. The second-order valence-electron chi connectivity index (χ2n) is 5.36. The van der Waals surface area contributed by atoms with Crippen LogP contribution in [0.2, 0.25) is 0 Å². The first-order valence-electron chi connectivity index (χ1n) is 7.13. The molecule has 0 radical (unpaired) electrons. The summed E-state index contributed by atoms with van der Waals surface area (Å²) in [6.07, 6.45) is 2.43. The summed E-state index contributed by atoms with van der Waals surface area (Å²) in [6, 6.07) is 4.68. The lowest BCUT2D eigenvalue weighted by Crippen LogP contribution is -2.27. The summed E-state index contributed by atoms with van der Waals surface area (Å²) in [4.78, 5) is 18.2. The number of amides is 1. The van der Waals surface area contributed by atoms with Crippen molar-refractivity contribution in [3.8, 4) is 0 Å². The highest BCUT2D eigenvalue weighted by Gasteiger charge is 2.22. The molecule has 0 bridgehead atoms. The van der Waals surface area contributed by atoms with Crippen LogP contribution in [0.3, 0.4) is 0 Å². The molecule has 0 aliphatic rings. The minimum Gasteiger partial charge on any atom is -0.334 e. The van der Waals surface area contributed by atoms with Crippen LogP contribution in [0.15, 0.2) is 30.6 Å². The Balaban J connectivity index is 1.90. The summed E-state index contributed by atoms with van der Waals surface area (Å²) in [7, 11) is 1.51. The molecule has 2 heterocycles. The van der Waals surface area contributed by atoms with Gasteiger partial charge in [-0.25, -0.2) is 9.37 Å². The summed E-state index contributed by atoms with van der Waals surface area (Å²) in [5, 5.41) is 0.424. The lowest BCUT2D eigenvalue weighted by molar-refractivity contribution is 0.0613. The number of imidazole rings is 1. The third-order valence-electron chi connectivity index (χ3n) is 3.78. The number of thiophene rings is 1. The van der Waals surface area contributed by atoms with Gasteiger partial charge in [0.05, 0.1) is 11.4 Å². The normalized spacial score (nSPS) is 11.4. The standard InChI is InChI=1S/C16H14F3N3OS/c1-9-13-10(17)4-3-5-11(13)24-14(9)15(23)21(2)8-12-20-6-7-22(12)16(18)19/h3-7,16H,8H2,1-2H3. The number of aryl methyl sites for hydroxylation is 1. The van der Waals surface area contributed by atoms with E-state index in [1.165, 1.54) is 41.7 Å². The number of aromatic nitrogens is 2. The largest absolute Gasteiger partial charge is 0.334 e. The van der Waals surface area contributed by atoms with E-state index in [4.69, 9.17) is 0 Å². The Bertz CT molecular complexity index is 903. The lowest BCUT2D eigenvalue weighted by Gasteiger charge is -2.17. The molecule has 0 fully saturated rings. The van der Waals surface area contributed by atoms with Gasteiger partial charge in [-0.1, -0.05) is 6.07 Å². The second-order valence-corrected chi connectivity index (χ2v) is 6.41. The van der Waals surface area contributed by atoms with E-state index in [0.717, 1.165) is 0 Å². The van der Waals surface area contributed by atoms with E-state index in [1.807, 2.05) is 0 Å². The van der Waals surface area contributed by atoms with Gasteiger partial charge in [0.25, 0.3) is 5.91 Å². The van der Waals surface area contributed by atoms with Crippen molar-refractivity contribution in [2.24, 2.45) is 0 Å². The van der Waals surface area contributed by atoms with Crippen molar-refractivity contribution >= 4 is 27.3 Å². The van der Waals surface area contributed by atoms with E-state index < -0.39 is 6.55 Å². The summed E-state index contributed by atoms with van der Waals surface area (Å²) >= 11 is 1.19. The molecule has 0 saturated heterocycles. The molecule has 2 aromatic heterocycles. The van der Waals surface area contributed by atoms with Crippen LogP contribution in [0.25, 0.3) is 10.1 Å². The van der Waals surface area contributed by atoms with Gasteiger partial charge in [-0.3, -0.25) is 9.36 Å². The number of benzene rings is 1. The van der Waals surface area contributed by atoms with Crippen molar-refractivity contribution in [1.29, 1.82) is 0 Å². The molecule has 0 saturated carbocycles. The van der Waals surface area contributed by atoms with Gasteiger partial charge in [0, 0.05) is 29.5 Å². The first kappa shape index (κ1) is 16.5. The second kappa shape index (κ2) is 6.27. The molecule has 0 spiro atoms. The summed E-state index contributed by atoms with van der Waals surface area (Å²) < 4.78 is 41.1. The van der Waals surface area contributed by atoms with E-state index in [9.17, 15) is 18.0 Å². The quantitative estimate of drug-likeness (QED) is 0.705. The highest BCUT2D eigenvalue weighted by atomic mass is 32.1. The molecular weight excluding hydrogens is 339 g/mol. The molecule has 1 aromatic carbocycles. The van der Waals surface area contributed by atoms with Gasteiger partial charge in [0.1, 0.15) is 11.6 Å². The predicted octanol–water partition coefficient (Wildman–Crippen LogP) is 4.21. The van der Waals surface area contributed by atoms with E-state index >= 15 is 0 Å². The third-order valence-corrected chi connectivity index (χ3v) is 5.03. The van der Waals surface area contributed by atoms with E-state index in [1.54, 1.807) is 19.1 Å². The number of hydrogen-bond acceptors (Lipinski definition) is 3. The molecule has 0 N–H and O–H groups in total. The molecular formula is C16H14F3N3OS. The third kappa shape index (κ3) is 2.77. The summed E-state index contributed by atoms with van der Waals surface area (Å²) in [6.45, 7) is -1.10. The van der Waals surface area contributed by atoms with Crippen LogP contribution in [0.1, 0.15) is 27.6 Å². The molecule has 8 heteroatoms. The molecule has 0 atom stereocenters. The monoisotopic (exact) mass is 353 g/mol. The maximum Gasteiger partial charge on any atom is 0.319 e. The maximum atomic E-state index is 14.0. The van der Waals surface area contributed by atoms with Crippen LogP contribution < -0.4 is 0 Å². The Kier molecular flexibility index (Phi) is 4.31. The van der Waals surface area contributed by atoms with Crippen LogP contribution in [0, 0.1) is 12.7 Å². The van der Waals surface area contributed by atoms with E-state index in [2.05, 4.69) is 4.98 Å². The number of hydrogen-bond donors (Lipinski definition) is 0. The number of carbonyl (C=O) groups is 1. The number of nitrogens with zero attached hydrogens (tertiary/aromatic N) is 3. The molecule has 3 aromatic rings. The van der Waals surface area contributed by atoms with Crippen molar-refractivity contribution in [1.82, 2.24) is 14.5 Å². The van der Waals surface area contributed by atoms with E-state index in [0.29, 0.717) is 25.1 Å². The zero-order valence-electron chi connectivity index (χ0n) is 13.0. The van der Waals surface area contributed by atoms with Crippen LogP contribution >= 0.6 is 11.3 Å². The summed E-state index contributed by atoms with van der Waals surface area (Å²) in [5.74, 6) is -0.640.